The summed E-state index contributed by atoms with van der Waals surface area (Å²) in [5, 5.41) is 2.01. The minimum Gasteiger partial charge on any atom is -0.744 e. The Morgan fingerprint density at radius 2 is 1.43 bits per heavy atom. The van der Waals surface area contributed by atoms with Gasteiger partial charge in [0.2, 0.25) is 6.20 Å². The highest BCUT2D eigenvalue weighted by molar-refractivity contribution is 7.85. The predicted octanol–water partition coefficient (Wildman–Crippen LogP) is 2.97. The number of benzene rings is 3. The zero-order chi connectivity index (χ0) is 21.7. The number of hydrogen-bond acceptors (Lipinski definition) is 5. The summed E-state index contributed by atoms with van der Waals surface area (Å²) in [6, 6.07) is 24.6. The normalized spacial score (nSPS) is 10.9. The number of pyridine rings is 1. The molecule has 2 N–H and O–H groups in total. The highest BCUT2D eigenvalue weighted by Gasteiger charge is 2.20. The van der Waals surface area contributed by atoms with E-state index in [2.05, 4.69) is 0 Å². The second-order valence-electron chi connectivity index (χ2n) is 6.66. The Hall–Kier alpha value is -3.55. The van der Waals surface area contributed by atoms with Crippen molar-refractivity contribution >= 4 is 26.7 Å². The number of nitrogens with zero attached hydrogens (tertiary/aromatic N) is 1. The van der Waals surface area contributed by atoms with Crippen LogP contribution in [0.1, 0.15) is 21.6 Å². The van der Waals surface area contributed by atoms with Crippen LogP contribution in [0.15, 0.2) is 96.0 Å². The molecule has 0 spiro atoms. The van der Waals surface area contributed by atoms with E-state index < -0.39 is 10.1 Å². The summed E-state index contributed by atoms with van der Waals surface area (Å²) in [5.74, 6) is 5.85. The second kappa shape index (κ2) is 8.86. The Bertz CT molecular complexity index is 1290. The summed E-state index contributed by atoms with van der Waals surface area (Å²) in [6.07, 6.45) is 1.77. The molecule has 4 rings (SSSR count). The molecule has 3 aromatic carbocycles. The van der Waals surface area contributed by atoms with E-state index in [-0.39, 0.29) is 10.7 Å². The van der Waals surface area contributed by atoms with Gasteiger partial charge in [-0.1, -0.05) is 70.9 Å². The molecule has 0 saturated carbocycles. The molecular weight excluding hydrogens is 400 g/mol. The molecular formula is C23H20N2O4S. The van der Waals surface area contributed by atoms with Crippen LogP contribution in [0.4, 0.5) is 0 Å². The molecule has 6 nitrogen and oxygen atoms in total. The van der Waals surface area contributed by atoms with E-state index in [1.807, 2.05) is 55.5 Å². The molecule has 0 fully saturated rings. The van der Waals surface area contributed by atoms with Crippen LogP contribution >= 0.6 is 0 Å². The summed E-state index contributed by atoms with van der Waals surface area (Å²) in [4.78, 5) is 12.2. The van der Waals surface area contributed by atoms with E-state index in [1.165, 1.54) is 16.8 Å². The van der Waals surface area contributed by atoms with Crippen LogP contribution < -0.4 is 10.5 Å². The van der Waals surface area contributed by atoms with Gasteiger partial charge >= 0.3 is 0 Å². The number of hydrogen-bond donors (Lipinski definition) is 1. The quantitative estimate of drug-likeness (QED) is 0.237. The number of carbonyl (C=O) groups excluding carboxylic acids is 1. The third kappa shape index (κ3) is 5.08. The zero-order valence-corrected chi connectivity index (χ0v) is 17.0. The Kier molecular flexibility index (Phi) is 6.25. The molecule has 0 bridgehead atoms. The average Bonchev–Trinajstić information content (AvgIpc) is 2.73. The first-order valence-electron chi connectivity index (χ1n) is 9.07. The van der Waals surface area contributed by atoms with Crippen molar-refractivity contribution in [1.29, 1.82) is 0 Å². The maximum atomic E-state index is 12.4. The average molecular weight is 420 g/mol. The highest BCUT2D eigenvalue weighted by Crippen LogP contribution is 2.14. The van der Waals surface area contributed by atoms with Crippen LogP contribution in [0.5, 0.6) is 0 Å². The van der Waals surface area contributed by atoms with Gasteiger partial charge in [-0.3, -0.25) is 4.79 Å². The van der Waals surface area contributed by atoms with Crippen molar-refractivity contribution in [2.24, 2.45) is 0 Å². The fourth-order valence-corrected chi connectivity index (χ4v) is 3.30. The largest absolute Gasteiger partial charge is 0.744 e. The molecule has 1 aromatic heterocycles. The summed E-state index contributed by atoms with van der Waals surface area (Å²) in [6.45, 7) is 1.82. The van der Waals surface area contributed by atoms with E-state index >= 15 is 0 Å². The third-order valence-electron chi connectivity index (χ3n) is 4.42. The minimum atomic E-state index is -4.27. The van der Waals surface area contributed by atoms with Crippen molar-refractivity contribution in [1.82, 2.24) is 0 Å². The van der Waals surface area contributed by atoms with E-state index in [0.29, 0.717) is 11.3 Å². The lowest BCUT2D eigenvalue weighted by Crippen LogP contribution is -2.49. The summed E-state index contributed by atoms with van der Waals surface area (Å²) >= 11 is 0. The minimum absolute atomic E-state index is 0.0751. The molecule has 0 saturated heterocycles. The number of carbonyl (C=O) groups is 1. The van der Waals surface area contributed by atoms with Gasteiger partial charge in [0, 0.05) is 17.0 Å². The lowest BCUT2D eigenvalue weighted by atomic mass is 10.1. The number of fused-ring (bicyclic) bond motifs is 1. The summed E-state index contributed by atoms with van der Waals surface area (Å²) < 4.78 is 32.6. The van der Waals surface area contributed by atoms with Crippen LogP contribution in [-0.4, -0.2) is 18.8 Å². The Morgan fingerprint density at radius 3 is 2.03 bits per heavy atom. The standard InChI is InChI=1S/C16H12N2O.C7H8O3S/c17-18-11-14-9-5-4-8-13(14)10-15(18)16(19)12-6-2-1-3-7-12;1-6-2-4-7(5-3-6)11(8,9)10/h1-11H,(H-,17,19);2-5H,1H3,(H,8,9,10). The van der Waals surface area contributed by atoms with Crippen molar-refractivity contribution in [2.75, 3.05) is 5.84 Å². The topological polar surface area (TPSA) is 104 Å². The SMILES string of the molecule is Cc1ccc(S(=O)(=O)[O-])cc1.N[n+]1cc2ccccc2cc1C(=O)c1ccccc1. The zero-order valence-electron chi connectivity index (χ0n) is 16.2. The van der Waals surface area contributed by atoms with Crippen LogP contribution in [0, 0.1) is 6.92 Å². The number of nitrogen functional groups attached to an aromatic ring is 1. The molecule has 0 unspecified atom stereocenters. The van der Waals surface area contributed by atoms with E-state index in [9.17, 15) is 17.8 Å². The van der Waals surface area contributed by atoms with Gasteiger partial charge in [0.15, 0.2) is 0 Å². The van der Waals surface area contributed by atoms with Crippen molar-refractivity contribution < 1.29 is 22.4 Å². The number of aromatic nitrogens is 1. The lowest BCUT2D eigenvalue weighted by molar-refractivity contribution is -0.639. The Morgan fingerprint density at radius 1 is 0.867 bits per heavy atom. The van der Waals surface area contributed by atoms with E-state index in [0.717, 1.165) is 16.3 Å². The highest BCUT2D eigenvalue weighted by atomic mass is 32.2. The van der Waals surface area contributed by atoms with Gasteiger partial charge in [0.05, 0.1) is 4.90 Å². The molecule has 30 heavy (non-hydrogen) atoms. The molecule has 7 heteroatoms. The molecule has 0 radical (unpaired) electrons. The number of aryl methyl sites for hydroxylation is 1. The van der Waals surface area contributed by atoms with Gasteiger partial charge in [-0.15, -0.1) is 0 Å². The molecule has 0 atom stereocenters. The molecule has 0 aliphatic carbocycles. The van der Waals surface area contributed by atoms with Crippen LogP contribution in [0.2, 0.25) is 0 Å². The van der Waals surface area contributed by atoms with E-state index in [4.69, 9.17) is 5.84 Å². The van der Waals surface area contributed by atoms with Gasteiger partial charge in [-0.2, -0.15) is 0 Å². The molecule has 1 heterocycles. The number of rotatable bonds is 3. The summed E-state index contributed by atoms with van der Waals surface area (Å²) in [5.41, 5.74) is 2.04. The van der Waals surface area contributed by atoms with Crippen molar-refractivity contribution in [3.05, 3.63) is 108 Å². The molecule has 0 amide bonds. The van der Waals surface area contributed by atoms with Crippen LogP contribution in [-0.2, 0) is 10.1 Å². The van der Waals surface area contributed by atoms with Gasteiger partial charge < -0.3 is 4.55 Å². The lowest BCUT2D eigenvalue weighted by Gasteiger charge is -2.05. The van der Waals surface area contributed by atoms with Crippen molar-refractivity contribution in [3.63, 3.8) is 0 Å². The number of nitrogens with two attached hydrogens (primary N) is 1. The van der Waals surface area contributed by atoms with Crippen LogP contribution in [0.3, 0.4) is 0 Å². The van der Waals surface area contributed by atoms with Gasteiger partial charge in [-0.25, -0.2) is 14.3 Å². The first kappa shape index (κ1) is 21.2. The first-order chi connectivity index (χ1) is 14.3. The number of ketones is 1. The Balaban J connectivity index is 0.000000199. The van der Waals surface area contributed by atoms with Gasteiger partial charge in [0.1, 0.15) is 10.1 Å². The molecule has 4 aromatic rings. The third-order valence-corrected chi connectivity index (χ3v) is 5.27. The predicted molar refractivity (Wildman–Crippen MR) is 113 cm³/mol. The fraction of sp³-hybridized carbons (Fsp3) is 0.0435. The fourth-order valence-electron chi connectivity index (χ4n) is 2.83. The monoisotopic (exact) mass is 420 g/mol. The van der Waals surface area contributed by atoms with E-state index in [1.54, 1.807) is 30.5 Å². The second-order valence-corrected chi connectivity index (χ2v) is 8.04. The van der Waals surface area contributed by atoms with Crippen molar-refractivity contribution in [2.45, 2.75) is 11.8 Å². The maximum absolute atomic E-state index is 12.4. The maximum Gasteiger partial charge on any atom is 0.283 e. The summed E-state index contributed by atoms with van der Waals surface area (Å²) in [7, 11) is -4.27. The van der Waals surface area contributed by atoms with Crippen molar-refractivity contribution in [3.8, 4) is 0 Å². The van der Waals surface area contributed by atoms with Crippen LogP contribution in [0.25, 0.3) is 10.8 Å². The molecule has 0 aliphatic heterocycles. The van der Waals surface area contributed by atoms with Gasteiger partial charge in [-0.05, 0) is 30.5 Å². The molecule has 0 aliphatic rings. The first-order valence-corrected chi connectivity index (χ1v) is 10.5. The van der Waals surface area contributed by atoms with Gasteiger partial charge in [0.25, 0.3) is 11.5 Å². The Labute approximate surface area is 174 Å². The smallest absolute Gasteiger partial charge is 0.283 e. The molecule has 152 valence electrons.